The first-order chi connectivity index (χ1) is 8.72. The fourth-order valence-corrected chi connectivity index (χ4v) is 1.70. The number of ether oxygens (including phenoxy) is 1. The molecule has 0 unspecified atom stereocenters. The molecule has 1 aromatic heterocycles. The van der Waals surface area contributed by atoms with E-state index in [9.17, 15) is 0 Å². The second-order valence-electron chi connectivity index (χ2n) is 3.99. The summed E-state index contributed by atoms with van der Waals surface area (Å²) in [4.78, 5) is 4.18. The number of rotatable bonds is 4. The predicted molar refractivity (Wildman–Crippen MR) is 74.8 cm³/mol. The summed E-state index contributed by atoms with van der Waals surface area (Å²) in [6.45, 7) is 2.05. The lowest BCUT2D eigenvalue weighted by molar-refractivity contribution is 0.414. The van der Waals surface area contributed by atoms with Gasteiger partial charge in [-0.05, 0) is 36.8 Å². The number of aryl methyl sites for hydroxylation is 1. The van der Waals surface area contributed by atoms with Gasteiger partial charge in [-0.25, -0.2) is 4.98 Å². The highest BCUT2D eigenvalue weighted by atomic mass is 16.5. The van der Waals surface area contributed by atoms with Crippen molar-refractivity contribution in [2.75, 3.05) is 24.8 Å². The molecule has 0 amide bonds. The number of anilines is 3. The van der Waals surface area contributed by atoms with E-state index in [2.05, 4.69) is 15.6 Å². The number of nitrogens with zero attached hydrogens (tertiary/aromatic N) is 1. The van der Waals surface area contributed by atoms with Gasteiger partial charge in [-0.1, -0.05) is 0 Å². The van der Waals surface area contributed by atoms with E-state index in [1.54, 1.807) is 13.3 Å². The highest BCUT2D eigenvalue weighted by Crippen LogP contribution is 2.25. The predicted octanol–water partition coefficient (Wildman–Crippen LogP) is 3.18. The average molecular weight is 243 g/mol. The lowest BCUT2D eigenvalue weighted by Crippen LogP contribution is -1.97. The molecule has 0 fully saturated rings. The van der Waals surface area contributed by atoms with Crippen LogP contribution < -0.4 is 15.4 Å². The van der Waals surface area contributed by atoms with Crippen molar-refractivity contribution in [3.8, 4) is 5.75 Å². The second kappa shape index (κ2) is 5.40. The number of pyridine rings is 1. The first kappa shape index (κ1) is 12.2. The van der Waals surface area contributed by atoms with Crippen molar-refractivity contribution in [3.63, 3.8) is 0 Å². The molecule has 0 spiro atoms. The Hall–Kier alpha value is -2.23. The monoisotopic (exact) mass is 243 g/mol. The molecule has 0 bridgehead atoms. The quantitative estimate of drug-likeness (QED) is 0.865. The largest absolute Gasteiger partial charge is 0.497 e. The van der Waals surface area contributed by atoms with Crippen LogP contribution in [-0.2, 0) is 0 Å². The molecule has 0 radical (unpaired) electrons. The van der Waals surface area contributed by atoms with Crippen LogP contribution in [0.5, 0.6) is 5.75 Å². The van der Waals surface area contributed by atoms with Crippen LogP contribution in [0.15, 0.2) is 36.5 Å². The Morgan fingerprint density at radius 3 is 2.67 bits per heavy atom. The Bertz CT molecular complexity index is 540. The molecule has 0 saturated heterocycles. The van der Waals surface area contributed by atoms with Crippen LogP contribution in [0.1, 0.15) is 5.56 Å². The van der Waals surface area contributed by atoms with Gasteiger partial charge in [-0.3, -0.25) is 0 Å². The van der Waals surface area contributed by atoms with Gasteiger partial charge < -0.3 is 15.4 Å². The molecule has 0 atom stereocenters. The summed E-state index contributed by atoms with van der Waals surface area (Å²) in [6.07, 6.45) is 1.77. The summed E-state index contributed by atoms with van der Waals surface area (Å²) in [5.41, 5.74) is 3.20. The molecule has 0 aliphatic rings. The topological polar surface area (TPSA) is 46.2 Å². The van der Waals surface area contributed by atoms with Gasteiger partial charge in [-0.15, -0.1) is 0 Å². The summed E-state index contributed by atoms with van der Waals surface area (Å²) in [5, 5.41) is 6.38. The van der Waals surface area contributed by atoms with Gasteiger partial charge in [-0.2, -0.15) is 0 Å². The normalized spacial score (nSPS) is 9.94. The van der Waals surface area contributed by atoms with Crippen molar-refractivity contribution < 1.29 is 4.74 Å². The maximum atomic E-state index is 5.19. The third-order valence-corrected chi connectivity index (χ3v) is 2.73. The van der Waals surface area contributed by atoms with Crippen molar-refractivity contribution in [1.29, 1.82) is 0 Å². The maximum Gasteiger partial charge on any atom is 0.127 e. The molecule has 1 aromatic carbocycles. The lowest BCUT2D eigenvalue weighted by Gasteiger charge is -2.11. The Morgan fingerprint density at radius 1 is 1.17 bits per heavy atom. The van der Waals surface area contributed by atoms with Gasteiger partial charge in [0.05, 0.1) is 7.11 Å². The van der Waals surface area contributed by atoms with E-state index in [4.69, 9.17) is 4.74 Å². The van der Waals surface area contributed by atoms with Crippen LogP contribution in [0.3, 0.4) is 0 Å². The molecule has 4 nitrogen and oxygen atoms in total. The summed E-state index contributed by atoms with van der Waals surface area (Å²) in [6, 6.07) is 9.85. The van der Waals surface area contributed by atoms with Crippen molar-refractivity contribution in [2.24, 2.45) is 0 Å². The minimum absolute atomic E-state index is 0.839. The van der Waals surface area contributed by atoms with Crippen molar-refractivity contribution in [2.45, 2.75) is 6.92 Å². The van der Waals surface area contributed by atoms with E-state index in [1.807, 2.05) is 44.3 Å². The van der Waals surface area contributed by atoms with Crippen LogP contribution >= 0.6 is 0 Å². The van der Waals surface area contributed by atoms with Gasteiger partial charge >= 0.3 is 0 Å². The molecule has 2 N–H and O–H groups in total. The molecule has 0 saturated carbocycles. The molecule has 0 aliphatic heterocycles. The first-order valence-corrected chi connectivity index (χ1v) is 5.78. The number of hydrogen-bond donors (Lipinski definition) is 2. The van der Waals surface area contributed by atoms with Crippen LogP contribution in [0.4, 0.5) is 17.2 Å². The van der Waals surface area contributed by atoms with Gasteiger partial charge in [0.15, 0.2) is 0 Å². The molecule has 1 heterocycles. The van der Waals surface area contributed by atoms with Crippen molar-refractivity contribution >= 4 is 17.2 Å². The van der Waals surface area contributed by atoms with E-state index in [0.717, 1.165) is 28.5 Å². The summed E-state index contributed by atoms with van der Waals surface area (Å²) >= 11 is 0. The van der Waals surface area contributed by atoms with Crippen LogP contribution in [0.25, 0.3) is 0 Å². The Morgan fingerprint density at radius 2 is 2.00 bits per heavy atom. The number of hydrogen-bond acceptors (Lipinski definition) is 4. The summed E-state index contributed by atoms with van der Waals surface area (Å²) < 4.78 is 5.19. The Kier molecular flexibility index (Phi) is 3.67. The van der Waals surface area contributed by atoms with Crippen LogP contribution in [0.2, 0.25) is 0 Å². The van der Waals surface area contributed by atoms with Crippen LogP contribution in [-0.4, -0.2) is 19.1 Å². The molecular formula is C14H17N3O. The van der Waals surface area contributed by atoms with Crippen molar-refractivity contribution in [3.05, 3.63) is 42.1 Å². The zero-order chi connectivity index (χ0) is 13.0. The zero-order valence-corrected chi connectivity index (χ0v) is 10.8. The molecule has 18 heavy (non-hydrogen) atoms. The van der Waals surface area contributed by atoms with Gasteiger partial charge in [0.25, 0.3) is 0 Å². The number of aromatic nitrogens is 1. The second-order valence-corrected chi connectivity index (χ2v) is 3.99. The fraction of sp³-hybridized carbons (Fsp3) is 0.214. The van der Waals surface area contributed by atoms with E-state index in [1.165, 1.54) is 0 Å². The zero-order valence-electron chi connectivity index (χ0n) is 10.8. The number of nitrogens with one attached hydrogen (secondary N) is 2. The molecule has 0 aliphatic carbocycles. The third-order valence-electron chi connectivity index (χ3n) is 2.73. The SMILES string of the molecule is CNc1cc(Nc2ccc(OC)cc2C)ccn1. The van der Waals surface area contributed by atoms with Crippen LogP contribution in [0, 0.1) is 6.92 Å². The lowest BCUT2D eigenvalue weighted by atomic mass is 10.2. The van der Waals surface area contributed by atoms with E-state index >= 15 is 0 Å². The van der Waals surface area contributed by atoms with E-state index in [0.29, 0.717) is 0 Å². The molecule has 94 valence electrons. The maximum absolute atomic E-state index is 5.19. The van der Waals surface area contributed by atoms with Gasteiger partial charge in [0.1, 0.15) is 11.6 Å². The van der Waals surface area contributed by atoms with Crippen molar-refractivity contribution in [1.82, 2.24) is 4.98 Å². The van der Waals surface area contributed by atoms with Gasteiger partial charge in [0, 0.05) is 30.7 Å². The minimum atomic E-state index is 0.839. The summed E-state index contributed by atoms with van der Waals surface area (Å²) in [5.74, 6) is 1.70. The highest BCUT2D eigenvalue weighted by Gasteiger charge is 2.01. The Labute approximate surface area is 107 Å². The van der Waals surface area contributed by atoms with E-state index < -0.39 is 0 Å². The molecule has 2 aromatic rings. The smallest absolute Gasteiger partial charge is 0.127 e. The number of methoxy groups -OCH3 is 1. The minimum Gasteiger partial charge on any atom is -0.497 e. The summed E-state index contributed by atoms with van der Waals surface area (Å²) in [7, 11) is 3.52. The Balaban J connectivity index is 2.22. The van der Waals surface area contributed by atoms with E-state index in [-0.39, 0.29) is 0 Å². The highest BCUT2D eigenvalue weighted by molar-refractivity contribution is 5.65. The number of benzene rings is 1. The molecule has 4 heteroatoms. The molecular weight excluding hydrogens is 226 g/mol. The third kappa shape index (κ3) is 2.71. The fourth-order valence-electron chi connectivity index (χ4n) is 1.70. The first-order valence-electron chi connectivity index (χ1n) is 5.78. The average Bonchev–Trinajstić information content (AvgIpc) is 2.41. The van der Waals surface area contributed by atoms with Gasteiger partial charge in [0.2, 0.25) is 0 Å². The molecule has 2 rings (SSSR count). The standard InChI is InChI=1S/C14H17N3O/c1-10-8-12(18-3)4-5-13(10)17-11-6-7-16-14(9-11)15-2/h4-9H,1-3H3,(H2,15,16,17).